The SMILES string of the molecule is Cc1cccc(C)c1N=Cc1cc(C(C)(C)C)cc(C(C)(C)C)c1Nc1ccccc1. The van der Waals surface area contributed by atoms with Crippen LogP contribution in [-0.2, 0) is 10.8 Å². The Balaban J connectivity index is 2.24. The molecule has 0 aromatic heterocycles. The molecule has 0 saturated heterocycles. The molecule has 0 amide bonds. The lowest BCUT2D eigenvalue weighted by Gasteiger charge is -2.29. The topological polar surface area (TPSA) is 24.4 Å². The minimum Gasteiger partial charge on any atom is -0.355 e. The molecule has 0 atom stereocenters. The van der Waals surface area contributed by atoms with Crippen molar-refractivity contribution >= 4 is 23.3 Å². The number of hydrogen-bond donors (Lipinski definition) is 1. The van der Waals surface area contributed by atoms with Crippen LogP contribution in [0.5, 0.6) is 0 Å². The van der Waals surface area contributed by atoms with Gasteiger partial charge < -0.3 is 5.32 Å². The molecule has 0 heterocycles. The van der Waals surface area contributed by atoms with Crippen molar-refractivity contribution in [3.63, 3.8) is 0 Å². The van der Waals surface area contributed by atoms with Crippen LogP contribution in [0.3, 0.4) is 0 Å². The van der Waals surface area contributed by atoms with Crippen LogP contribution >= 0.6 is 0 Å². The van der Waals surface area contributed by atoms with Gasteiger partial charge in [0.25, 0.3) is 0 Å². The molecule has 162 valence electrons. The van der Waals surface area contributed by atoms with Gasteiger partial charge in [0, 0.05) is 17.5 Å². The highest BCUT2D eigenvalue weighted by Crippen LogP contribution is 2.38. The molecule has 0 spiro atoms. The van der Waals surface area contributed by atoms with Crippen molar-refractivity contribution in [1.29, 1.82) is 0 Å². The van der Waals surface area contributed by atoms with E-state index in [0.29, 0.717) is 0 Å². The highest BCUT2D eigenvalue weighted by atomic mass is 14.9. The van der Waals surface area contributed by atoms with Gasteiger partial charge in [0.1, 0.15) is 0 Å². The Morgan fingerprint density at radius 3 is 1.90 bits per heavy atom. The number of nitrogens with zero attached hydrogens (tertiary/aromatic N) is 1. The third kappa shape index (κ3) is 5.44. The van der Waals surface area contributed by atoms with E-state index in [2.05, 4.69) is 115 Å². The molecule has 3 rings (SSSR count). The van der Waals surface area contributed by atoms with Crippen molar-refractivity contribution in [3.05, 3.63) is 88.5 Å². The normalized spacial score (nSPS) is 12.4. The Labute approximate surface area is 188 Å². The van der Waals surface area contributed by atoms with Crippen LogP contribution in [0.2, 0.25) is 0 Å². The number of aryl methyl sites for hydroxylation is 2. The van der Waals surface area contributed by atoms with Gasteiger partial charge in [0.15, 0.2) is 0 Å². The molecule has 0 bridgehead atoms. The summed E-state index contributed by atoms with van der Waals surface area (Å²) < 4.78 is 0. The van der Waals surface area contributed by atoms with Crippen molar-refractivity contribution < 1.29 is 0 Å². The van der Waals surface area contributed by atoms with Gasteiger partial charge in [-0.2, -0.15) is 0 Å². The molecule has 0 unspecified atom stereocenters. The molecule has 0 fully saturated rings. The van der Waals surface area contributed by atoms with Crippen molar-refractivity contribution in [3.8, 4) is 0 Å². The maximum Gasteiger partial charge on any atom is 0.0688 e. The predicted octanol–water partition coefficient (Wildman–Crippen LogP) is 8.39. The number of rotatable bonds is 4. The molecule has 31 heavy (non-hydrogen) atoms. The van der Waals surface area contributed by atoms with E-state index in [0.717, 1.165) is 22.6 Å². The maximum absolute atomic E-state index is 4.96. The van der Waals surface area contributed by atoms with Gasteiger partial charge >= 0.3 is 0 Å². The molecule has 3 aromatic rings. The first-order chi connectivity index (χ1) is 14.5. The van der Waals surface area contributed by atoms with Crippen LogP contribution in [0, 0.1) is 13.8 Å². The molecule has 1 N–H and O–H groups in total. The number of benzene rings is 3. The standard InChI is InChI=1S/C29H36N2/c1-20-13-12-14-21(2)26(20)30-19-22-17-23(28(3,4)5)18-25(29(6,7)8)27(22)31-24-15-10-9-11-16-24/h9-19,31H,1-8H3. The second kappa shape index (κ2) is 8.70. The Hall–Kier alpha value is -2.87. The lowest BCUT2D eigenvalue weighted by atomic mass is 9.78. The van der Waals surface area contributed by atoms with E-state index in [1.165, 1.54) is 22.3 Å². The summed E-state index contributed by atoms with van der Waals surface area (Å²) in [6.07, 6.45) is 2.03. The Morgan fingerprint density at radius 1 is 0.742 bits per heavy atom. The second-order valence-electron chi connectivity index (χ2n) is 10.5. The Morgan fingerprint density at radius 2 is 1.35 bits per heavy atom. The molecular formula is C29H36N2. The highest BCUT2D eigenvalue weighted by molar-refractivity contribution is 5.93. The fourth-order valence-electron chi connectivity index (χ4n) is 3.74. The first kappa shape index (κ1) is 22.8. The van der Waals surface area contributed by atoms with Gasteiger partial charge in [-0.15, -0.1) is 0 Å². The number of nitrogens with one attached hydrogen (secondary N) is 1. The van der Waals surface area contributed by atoms with Crippen LogP contribution in [0.1, 0.15) is 69.4 Å². The fourth-order valence-corrected chi connectivity index (χ4v) is 3.74. The highest BCUT2D eigenvalue weighted by Gasteiger charge is 2.25. The van der Waals surface area contributed by atoms with E-state index < -0.39 is 0 Å². The average Bonchev–Trinajstić information content (AvgIpc) is 2.67. The second-order valence-corrected chi connectivity index (χ2v) is 10.5. The van der Waals surface area contributed by atoms with E-state index in [9.17, 15) is 0 Å². The molecule has 0 aliphatic rings. The third-order valence-electron chi connectivity index (χ3n) is 5.66. The molecular weight excluding hydrogens is 376 g/mol. The zero-order valence-corrected chi connectivity index (χ0v) is 20.3. The molecule has 0 saturated carbocycles. The molecule has 0 aliphatic heterocycles. The van der Waals surface area contributed by atoms with Gasteiger partial charge in [-0.3, -0.25) is 4.99 Å². The molecule has 2 nitrogen and oxygen atoms in total. The number of para-hydroxylation sites is 2. The lowest BCUT2D eigenvalue weighted by Crippen LogP contribution is -2.19. The third-order valence-corrected chi connectivity index (χ3v) is 5.66. The zero-order chi connectivity index (χ0) is 22.8. The van der Waals surface area contributed by atoms with Gasteiger partial charge in [-0.1, -0.05) is 84.0 Å². The van der Waals surface area contributed by atoms with E-state index in [-0.39, 0.29) is 10.8 Å². The van der Waals surface area contributed by atoms with Crippen LogP contribution in [0.15, 0.2) is 65.7 Å². The van der Waals surface area contributed by atoms with Gasteiger partial charge in [-0.25, -0.2) is 0 Å². The van der Waals surface area contributed by atoms with E-state index >= 15 is 0 Å². The van der Waals surface area contributed by atoms with Gasteiger partial charge in [0.05, 0.1) is 11.4 Å². The number of aliphatic imine (C=N–C) groups is 1. The van der Waals surface area contributed by atoms with Gasteiger partial charge in [-0.05, 0) is 65.1 Å². The Bertz CT molecular complexity index is 1060. The Kier molecular flexibility index (Phi) is 6.40. The van der Waals surface area contributed by atoms with Gasteiger partial charge in [0.2, 0.25) is 0 Å². The fraction of sp³-hybridized carbons (Fsp3) is 0.345. The van der Waals surface area contributed by atoms with E-state index in [1.807, 2.05) is 12.3 Å². The zero-order valence-electron chi connectivity index (χ0n) is 20.3. The summed E-state index contributed by atoms with van der Waals surface area (Å²) in [5, 5.41) is 3.70. The van der Waals surface area contributed by atoms with Crippen molar-refractivity contribution in [2.45, 2.75) is 66.2 Å². The lowest BCUT2D eigenvalue weighted by molar-refractivity contribution is 0.570. The van der Waals surface area contributed by atoms with Crippen LogP contribution in [0.25, 0.3) is 0 Å². The predicted molar refractivity (Wildman–Crippen MR) is 137 cm³/mol. The number of anilines is 2. The smallest absolute Gasteiger partial charge is 0.0688 e. The van der Waals surface area contributed by atoms with Crippen molar-refractivity contribution in [2.75, 3.05) is 5.32 Å². The summed E-state index contributed by atoms with van der Waals surface area (Å²) >= 11 is 0. The quantitative estimate of drug-likeness (QED) is 0.427. The summed E-state index contributed by atoms with van der Waals surface area (Å²) in [6, 6.07) is 21.4. The molecule has 0 radical (unpaired) electrons. The summed E-state index contributed by atoms with van der Waals surface area (Å²) in [5.74, 6) is 0. The maximum atomic E-state index is 4.96. The summed E-state index contributed by atoms with van der Waals surface area (Å²) in [4.78, 5) is 4.96. The average molecular weight is 413 g/mol. The summed E-state index contributed by atoms with van der Waals surface area (Å²) in [6.45, 7) is 17.9. The van der Waals surface area contributed by atoms with Crippen LogP contribution in [-0.4, -0.2) is 6.21 Å². The van der Waals surface area contributed by atoms with E-state index in [1.54, 1.807) is 0 Å². The van der Waals surface area contributed by atoms with Crippen molar-refractivity contribution in [2.24, 2.45) is 4.99 Å². The van der Waals surface area contributed by atoms with Crippen molar-refractivity contribution in [1.82, 2.24) is 0 Å². The first-order valence-electron chi connectivity index (χ1n) is 11.1. The number of hydrogen-bond acceptors (Lipinski definition) is 2. The molecule has 0 aliphatic carbocycles. The minimum atomic E-state index is -0.0143. The van der Waals surface area contributed by atoms with E-state index in [4.69, 9.17) is 4.99 Å². The minimum absolute atomic E-state index is 0.0143. The molecule has 3 aromatic carbocycles. The summed E-state index contributed by atoms with van der Waals surface area (Å²) in [7, 11) is 0. The monoisotopic (exact) mass is 412 g/mol. The largest absolute Gasteiger partial charge is 0.355 e. The van der Waals surface area contributed by atoms with Crippen LogP contribution in [0.4, 0.5) is 17.1 Å². The van der Waals surface area contributed by atoms with Crippen LogP contribution < -0.4 is 5.32 Å². The first-order valence-corrected chi connectivity index (χ1v) is 11.1. The molecule has 2 heteroatoms. The summed E-state index contributed by atoms with van der Waals surface area (Å²) in [5.41, 5.74) is 9.40.